The first-order valence-corrected chi connectivity index (χ1v) is 7.88. The van der Waals surface area contributed by atoms with Gasteiger partial charge in [-0.2, -0.15) is 0 Å². The van der Waals surface area contributed by atoms with E-state index in [-0.39, 0.29) is 11.6 Å². The maximum atomic E-state index is 12.6. The summed E-state index contributed by atoms with van der Waals surface area (Å²) in [4.78, 5) is 21.0. The van der Waals surface area contributed by atoms with Crippen LogP contribution in [0, 0.1) is 0 Å². The van der Waals surface area contributed by atoms with Crippen LogP contribution in [0.25, 0.3) is 0 Å². The molecule has 2 aromatic carbocycles. The van der Waals surface area contributed by atoms with Crippen molar-refractivity contribution >= 4 is 23.2 Å². The van der Waals surface area contributed by atoms with Crippen molar-refractivity contribution in [3.05, 3.63) is 66.5 Å². The maximum absolute atomic E-state index is 12.6. The number of rotatable bonds is 6. The summed E-state index contributed by atoms with van der Waals surface area (Å²) in [5.41, 5.74) is 1.55. The van der Waals surface area contributed by atoms with Gasteiger partial charge in [0.1, 0.15) is 17.2 Å². The van der Waals surface area contributed by atoms with E-state index in [1.807, 2.05) is 30.3 Å². The summed E-state index contributed by atoms with van der Waals surface area (Å²) >= 11 is 0. The third-order valence-electron chi connectivity index (χ3n) is 3.57. The normalized spacial score (nSPS) is 10.1. The second kappa shape index (κ2) is 7.98. The lowest BCUT2D eigenvalue weighted by atomic mass is 10.2. The fourth-order valence-electron chi connectivity index (χ4n) is 2.29. The molecule has 0 bridgehead atoms. The Bertz CT molecular complexity index is 900. The number of anilines is 3. The second-order valence-corrected chi connectivity index (χ2v) is 5.28. The van der Waals surface area contributed by atoms with E-state index in [9.17, 15) is 4.79 Å². The fraction of sp³-hybridized carbons (Fsp3) is 0.105. The number of para-hydroxylation sites is 1. The van der Waals surface area contributed by atoms with Gasteiger partial charge in [0, 0.05) is 18.0 Å². The Labute approximate surface area is 151 Å². The van der Waals surface area contributed by atoms with E-state index in [1.165, 1.54) is 19.4 Å². The Morgan fingerprint density at radius 3 is 2.54 bits per heavy atom. The van der Waals surface area contributed by atoms with Gasteiger partial charge in [-0.25, -0.2) is 9.97 Å². The topological polar surface area (TPSA) is 85.4 Å². The summed E-state index contributed by atoms with van der Waals surface area (Å²) in [6, 6.07) is 16.2. The number of nitrogens with zero attached hydrogens (tertiary/aromatic N) is 2. The van der Waals surface area contributed by atoms with Crippen molar-refractivity contribution in [1.82, 2.24) is 9.97 Å². The molecule has 0 aliphatic rings. The predicted octanol–water partition coefficient (Wildman–Crippen LogP) is 3.49. The summed E-state index contributed by atoms with van der Waals surface area (Å²) in [7, 11) is 3.09. The van der Waals surface area contributed by atoms with Crippen molar-refractivity contribution in [2.45, 2.75) is 0 Å². The molecule has 1 aromatic heterocycles. The predicted molar refractivity (Wildman–Crippen MR) is 99.3 cm³/mol. The van der Waals surface area contributed by atoms with Gasteiger partial charge in [-0.1, -0.05) is 18.2 Å². The number of carbonyl (C=O) groups is 1. The van der Waals surface area contributed by atoms with Crippen LogP contribution in [0.5, 0.6) is 11.5 Å². The highest BCUT2D eigenvalue weighted by molar-refractivity contribution is 6.04. The summed E-state index contributed by atoms with van der Waals surface area (Å²) < 4.78 is 10.5. The molecule has 3 aromatic rings. The van der Waals surface area contributed by atoms with Gasteiger partial charge in [-0.15, -0.1) is 0 Å². The quantitative estimate of drug-likeness (QED) is 0.708. The van der Waals surface area contributed by atoms with Crippen LogP contribution >= 0.6 is 0 Å². The number of hydrogen-bond acceptors (Lipinski definition) is 6. The monoisotopic (exact) mass is 350 g/mol. The first-order chi connectivity index (χ1) is 12.7. The first kappa shape index (κ1) is 17.2. The lowest BCUT2D eigenvalue weighted by molar-refractivity contribution is 0.102. The van der Waals surface area contributed by atoms with Gasteiger partial charge in [0.25, 0.3) is 5.91 Å². The molecule has 0 saturated heterocycles. The molecule has 7 heteroatoms. The number of amides is 1. The number of methoxy groups -OCH3 is 2. The summed E-state index contributed by atoms with van der Waals surface area (Å²) in [5, 5.41) is 5.84. The minimum atomic E-state index is -0.380. The van der Waals surface area contributed by atoms with Crippen molar-refractivity contribution in [2.24, 2.45) is 0 Å². The second-order valence-electron chi connectivity index (χ2n) is 5.28. The Kier molecular flexibility index (Phi) is 5.28. The molecular weight excluding hydrogens is 332 g/mol. The minimum Gasteiger partial charge on any atom is -0.497 e. The van der Waals surface area contributed by atoms with Gasteiger partial charge in [0.2, 0.25) is 5.95 Å². The molecule has 0 aliphatic heterocycles. The third kappa shape index (κ3) is 4.07. The van der Waals surface area contributed by atoms with E-state index < -0.39 is 0 Å². The maximum Gasteiger partial charge on any atom is 0.274 e. The van der Waals surface area contributed by atoms with E-state index in [2.05, 4.69) is 20.6 Å². The van der Waals surface area contributed by atoms with Gasteiger partial charge in [-0.3, -0.25) is 4.79 Å². The van der Waals surface area contributed by atoms with Crippen LogP contribution in [-0.2, 0) is 0 Å². The van der Waals surface area contributed by atoms with Gasteiger partial charge in [0.05, 0.1) is 19.9 Å². The highest BCUT2D eigenvalue weighted by atomic mass is 16.5. The zero-order valence-electron chi connectivity index (χ0n) is 14.4. The van der Waals surface area contributed by atoms with Crippen LogP contribution in [0.2, 0.25) is 0 Å². The first-order valence-electron chi connectivity index (χ1n) is 7.88. The molecule has 1 amide bonds. The lowest BCUT2D eigenvalue weighted by Crippen LogP contribution is -2.15. The average molecular weight is 350 g/mol. The van der Waals surface area contributed by atoms with Gasteiger partial charge < -0.3 is 20.1 Å². The van der Waals surface area contributed by atoms with Crippen LogP contribution in [0.15, 0.2) is 60.8 Å². The summed E-state index contributed by atoms with van der Waals surface area (Å²) in [6.07, 6.45) is 1.52. The molecule has 0 saturated carbocycles. The van der Waals surface area contributed by atoms with Crippen molar-refractivity contribution in [3.8, 4) is 11.5 Å². The Balaban J connectivity index is 1.79. The number of benzene rings is 2. The van der Waals surface area contributed by atoms with E-state index >= 15 is 0 Å². The smallest absolute Gasteiger partial charge is 0.274 e. The molecule has 2 N–H and O–H groups in total. The molecule has 0 unspecified atom stereocenters. The molecular formula is C19H18N4O3. The number of nitrogens with one attached hydrogen (secondary N) is 2. The largest absolute Gasteiger partial charge is 0.497 e. The molecule has 26 heavy (non-hydrogen) atoms. The van der Waals surface area contributed by atoms with E-state index in [0.29, 0.717) is 23.1 Å². The van der Waals surface area contributed by atoms with Crippen molar-refractivity contribution in [2.75, 3.05) is 24.9 Å². The SMILES string of the molecule is COc1ccc(OC)c(NC(=O)c2ccnc(Nc3ccccc3)n2)c1. The van der Waals surface area contributed by atoms with Crippen LogP contribution in [0.1, 0.15) is 10.5 Å². The average Bonchev–Trinajstić information content (AvgIpc) is 2.69. The molecule has 0 fully saturated rings. The minimum absolute atomic E-state index is 0.225. The van der Waals surface area contributed by atoms with Crippen molar-refractivity contribution in [1.29, 1.82) is 0 Å². The Hall–Kier alpha value is -3.61. The summed E-state index contributed by atoms with van der Waals surface area (Å²) in [6.45, 7) is 0. The van der Waals surface area contributed by atoms with Crippen LogP contribution < -0.4 is 20.1 Å². The lowest BCUT2D eigenvalue weighted by Gasteiger charge is -2.12. The number of ether oxygens (including phenoxy) is 2. The fourth-order valence-corrected chi connectivity index (χ4v) is 2.29. The molecule has 1 heterocycles. The van der Waals surface area contributed by atoms with Gasteiger partial charge in [0.15, 0.2) is 0 Å². The molecule has 0 atom stereocenters. The zero-order chi connectivity index (χ0) is 18.4. The van der Waals surface area contributed by atoms with Gasteiger partial charge in [-0.05, 0) is 30.3 Å². The standard InChI is InChI=1S/C19H18N4O3/c1-25-14-8-9-17(26-2)16(12-14)22-18(24)15-10-11-20-19(23-15)21-13-6-4-3-5-7-13/h3-12H,1-2H3,(H,22,24)(H,20,21,23). The molecule has 7 nitrogen and oxygen atoms in total. The van der Waals surface area contributed by atoms with Crippen LogP contribution in [0.3, 0.4) is 0 Å². The number of hydrogen-bond donors (Lipinski definition) is 2. The molecule has 0 spiro atoms. The van der Waals surface area contributed by atoms with Gasteiger partial charge >= 0.3 is 0 Å². The highest BCUT2D eigenvalue weighted by Crippen LogP contribution is 2.29. The molecule has 0 radical (unpaired) electrons. The number of carbonyl (C=O) groups excluding carboxylic acids is 1. The van der Waals surface area contributed by atoms with E-state index in [0.717, 1.165) is 5.69 Å². The molecule has 3 rings (SSSR count). The Morgan fingerprint density at radius 2 is 1.81 bits per heavy atom. The highest BCUT2D eigenvalue weighted by Gasteiger charge is 2.13. The van der Waals surface area contributed by atoms with Crippen LogP contribution in [-0.4, -0.2) is 30.1 Å². The van der Waals surface area contributed by atoms with Crippen molar-refractivity contribution in [3.63, 3.8) is 0 Å². The van der Waals surface area contributed by atoms with E-state index in [1.54, 1.807) is 25.3 Å². The van der Waals surface area contributed by atoms with Crippen LogP contribution in [0.4, 0.5) is 17.3 Å². The molecule has 132 valence electrons. The van der Waals surface area contributed by atoms with Crippen molar-refractivity contribution < 1.29 is 14.3 Å². The Morgan fingerprint density at radius 1 is 1.00 bits per heavy atom. The zero-order valence-corrected chi connectivity index (χ0v) is 14.4. The summed E-state index contributed by atoms with van der Waals surface area (Å²) in [5.74, 6) is 1.09. The molecule has 0 aliphatic carbocycles. The number of aromatic nitrogens is 2. The van der Waals surface area contributed by atoms with E-state index in [4.69, 9.17) is 9.47 Å². The third-order valence-corrected chi connectivity index (χ3v) is 3.57.